The van der Waals surface area contributed by atoms with Gasteiger partial charge in [-0.15, -0.1) is 0 Å². The standard InChI is InChI=1S/C10H10BrClN2O2/c11-7-1-8(9(12)13-2-7)10(16)14-3-6(4-14)5-15/h1-2,6,15H,3-5H2. The summed E-state index contributed by atoms with van der Waals surface area (Å²) in [5.41, 5.74) is 0.396. The van der Waals surface area contributed by atoms with E-state index >= 15 is 0 Å². The van der Waals surface area contributed by atoms with E-state index in [1.54, 1.807) is 17.2 Å². The number of rotatable bonds is 2. The molecule has 1 aromatic rings. The van der Waals surface area contributed by atoms with E-state index in [0.717, 1.165) is 4.47 Å². The molecule has 0 bridgehead atoms. The van der Waals surface area contributed by atoms with Crippen molar-refractivity contribution in [1.82, 2.24) is 9.88 Å². The third kappa shape index (κ3) is 2.21. The number of hydrogen-bond acceptors (Lipinski definition) is 3. The van der Waals surface area contributed by atoms with Gasteiger partial charge < -0.3 is 10.0 Å². The average Bonchev–Trinajstić information content (AvgIpc) is 2.20. The van der Waals surface area contributed by atoms with E-state index in [1.165, 1.54) is 0 Å². The number of pyridine rings is 1. The number of carbonyl (C=O) groups excluding carboxylic acids is 1. The second kappa shape index (κ2) is 4.69. The van der Waals surface area contributed by atoms with Gasteiger partial charge in [0.1, 0.15) is 5.15 Å². The van der Waals surface area contributed by atoms with Crippen molar-refractivity contribution in [2.45, 2.75) is 0 Å². The number of likely N-dealkylation sites (tertiary alicyclic amines) is 1. The fourth-order valence-corrected chi connectivity index (χ4v) is 2.11. The second-order valence-corrected chi connectivity index (χ2v) is 5.02. The Kier molecular flexibility index (Phi) is 3.47. The Labute approximate surface area is 106 Å². The van der Waals surface area contributed by atoms with Gasteiger partial charge in [-0.3, -0.25) is 4.79 Å². The van der Waals surface area contributed by atoms with E-state index in [-0.39, 0.29) is 23.6 Å². The summed E-state index contributed by atoms with van der Waals surface area (Å²) in [4.78, 5) is 17.5. The van der Waals surface area contributed by atoms with Crippen LogP contribution in [0.5, 0.6) is 0 Å². The number of nitrogens with zero attached hydrogens (tertiary/aromatic N) is 2. The molecule has 0 unspecified atom stereocenters. The van der Waals surface area contributed by atoms with Crippen LogP contribution in [0.4, 0.5) is 0 Å². The van der Waals surface area contributed by atoms with E-state index in [0.29, 0.717) is 18.7 Å². The van der Waals surface area contributed by atoms with Gasteiger partial charge in [0.2, 0.25) is 0 Å². The number of carbonyl (C=O) groups is 1. The van der Waals surface area contributed by atoms with Crippen molar-refractivity contribution < 1.29 is 9.90 Å². The highest BCUT2D eigenvalue weighted by molar-refractivity contribution is 9.10. The van der Waals surface area contributed by atoms with Crippen LogP contribution in [-0.4, -0.2) is 40.6 Å². The predicted molar refractivity (Wildman–Crippen MR) is 63.4 cm³/mol. The molecule has 0 aliphatic carbocycles. The van der Waals surface area contributed by atoms with Crippen LogP contribution in [0.15, 0.2) is 16.7 Å². The molecular formula is C10H10BrClN2O2. The second-order valence-electron chi connectivity index (χ2n) is 3.75. The molecule has 2 heterocycles. The summed E-state index contributed by atoms with van der Waals surface area (Å²) >= 11 is 9.10. The molecular weight excluding hydrogens is 295 g/mol. The molecule has 0 radical (unpaired) electrons. The number of aliphatic hydroxyl groups excluding tert-OH is 1. The Hall–Kier alpha value is -0.650. The molecule has 0 saturated carbocycles. The molecule has 1 saturated heterocycles. The minimum atomic E-state index is -0.136. The molecule has 4 nitrogen and oxygen atoms in total. The summed E-state index contributed by atoms with van der Waals surface area (Å²) < 4.78 is 0.722. The summed E-state index contributed by atoms with van der Waals surface area (Å²) in [7, 11) is 0. The topological polar surface area (TPSA) is 53.4 Å². The average molecular weight is 306 g/mol. The number of amides is 1. The molecule has 16 heavy (non-hydrogen) atoms. The highest BCUT2D eigenvalue weighted by Gasteiger charge is 2.31. The molecule has 1 aliphatic rings. The monoisotopic (exact) mass is 304 g/mol. The first kappa shape index (κ1) is 11.8. The minimum absolute atomic E-state index is 0.119. The van der Waals surface area contributed by atoms with Crippen molar-refractivity contribution in [3.63, 3.8) is 0 Å². The van der Waals surface area contributed by atoms with Crippen molar-refractivity contribution >= 4 is 33.4 Å². The maximum absolute atomic E-state index is 12.0. The van der Waals surface area contributed by atoms with E-state index in [2.05, 4.69) is 20.9 Å². The van der Waals surface area contributed by atoms with Gasteiger partial charge in [-0.25, -0.2) is 4.98 Å². The van der Waals surface area contributed by atoms with Crippen LogP contribution in [0, 0.1) is 5.92 Å². The van der Waals surface area contributed by atoms with E-state index in [4.69, 9.17) is 16.7 Å². The first-order valence-corrected chi connectivity index (χ1v) is 6.00. The van der Waals surface area contributed by atoms with Crippen LogP contribution < -0.4 is 0 Å². The summed E-state index contributed by atoms with van der Waals surface area (Å²) in [5.74, 6) is 0.0614. The van der Waals surface area contributed by atoms with Crippen molar-refractivity contribution in [2.24, 2.45) is 5.92 Å². The molecule has 1 aromatic heterocycles. The Bertz CT molecular complexity index is 421. The fraction of sp³-hybridized carbons (Fsp3) is 0.400. The van der Waals surface area contributed by atoms with Gasteiger partial charge >= 0.3 is 0 Å². The zero-order valence-corrected chi connectivity index (χ0v) is 10.7. The summed E-state index contributed by atoms with van der Waals surface area (Å²) in [5, 5.41) is 9.08. The largest absolute Gasteiger partial charge is 0.396 e. The van der Waals surface area contributed by atoms with Gasteiger partial charge in [-0.1, -0.05) is 11.6 Å². The first-order valence-electron chi connectivity index (χ1n) is 4.83. The third-order valence-electron chi connectivity index (χ3n) is 2.54. The van der Waals surface area contributed by atoms with Gasteiger partial charge in [0.25, 0.3) is 5.91 Å². The molecule has 0 aromatic carbocycles. The summed E-state index contributed by atoms with van der Waals surface area (Å²) in [6.07, 6.45) is 1.55. The van der Waals surface area contributed by atoms with Gasteiger partial charge in [-0.05, 0) is 22.0 Å². The molecule has 0 spiro atoms. The molecule has 1 aliphatic heterocycles. The van der Waals surface area contributed by atoms with Crippen LogP contribution in [-0.2, 0) is 0 Å². The van der Waals surface area contributed by atoms with Crippen molar-refractivity contribution in [3.05, 3.63) is 27.5 Å². The maximum Gasteiger partial charge on any atom is 0.257 e. The molecule has 1 fully saturated rings. The van der Waals surface area contributed by atoms with E-state index < -0.39 is 0 Å². The van der Waals surface area contributed by atoms with Gasteiger partial charge in [0.05, 0.1) is 5.56 Å². The smallest absolute Gasteiger partial charge is 0.257 e. The zero-order valence-electron chi connectivity index (χ0n) is 8.36. The van der Waals surface area contributed by atoms with Gasteiger partial charge in [0.15, 0.2) is 0 Å². The SMILES string of the molecule is O=C(c1cc(Br)cnc1Cl)N1CC(CO)C1. The van der Waals surface area contributed by atoms with Crippen LogP contribution in [0.25, 0.3) is 0 Å². The lowest BCUT2D eigenvalue weighted by atomic mass is 10.0. The molecule has 0 atom stereocenters. The zero-order chi connectivity index (χ0) is 11.7. The van der Waals surface area contributed by atoms with Crippen molar-refractivity contribution in [2.75, 3.05) is 19.7 Å². The molecule has 86 valence electrons. The molecule has 1 N–H and O–H groups in total. The van der Waals surface area contributed by atoms with E-state index in [1.807, 2.05) is 0 Å². The minimum Gasteiger partial charge on any atom is -0.396 e. The highest BCUT2D eigenvalue weighted by Crippen LogP contribution is 2.23. The number of halogens is 2. The Morgan fingerprint density at radius 2 is 2.38 bits per heavy atom. The summed E-state index contributed by atoms with van der Waals surface area (Å²) in [6, 6.07) is 1.66. The summed E-state index contributed by atoms with van der Waals surface area (Å²) in [6.45, 7) is 1.28. The number of hydrogen-bond donors (Lipinski definition) is 1. The molecule has 6 heteroatoms. The van der Waals surface area contributed by atoms with Crippen LogP contribution in [0.1, 0.15) is 10.4 Å². The van der Waals surface area contributed by atoms with Gasteiger partial charge in [0, 0.05) is 36.3 Å². The third-order valence-corrected chi connectivity index (χ3v) is 3.27. The van der Waals surface area contributed by atoms with Crippen LogP contribution >= 0.6 is 27.5 Å². The fourth-order valence-electron chi connectivity index (χ4n) is 1.59. The lowest BCUT2D eigenvalue weighted by Gasteiger charge is -2.38. The highest BCUT2D eigenvalue weighted by atomic mass is 79.9. The molecule has 1 amide bonds. The number of aromatic nitrogens is 1. The lowest BCUT2D eigenvalue weighted by Crippen LogP contribution is -2.51. The van der Waals surface area contributed by atoms with Crippen molar-refractivity contribution in [1.29, 1.82) is 0 Å². The normalized spacial score (nSPS) is 16.1. The Balaban J connectivity index is 2.13. The maximum atomic E-state index is 12.0. The van der Waals surface area contributed by atoms with Crippen molar-refractivity contribution in [3.8, 4) is 0 Å². The quantitative estimate of drug-likeness (QED) is 0.844. The van der Waals surface area contributed by atoms with E-state index in [9.17, 15) is 4.79 Å². The Morgan fingerprint density at radius 1 is 1.69 bits per heavy atom. The predicted octanol–water partition coefficient (Wildman–Crippen LogP) is 1.56. The first-order chi connectivity index (χ1) is 7.61. The molecule has 2 rings (SSSR count). The van der Waals surface area contributed by atoms with Crippen LogP contribution in [0.2, 0.25) is 5.15 Å². The number of aliphatic hydroxyl groups is 1. The van der Waals surface area contributed by atoms with Gasteiger partial charge in [-0.2, -0.15) is 0 Å². The van der Waals surface area contributed by atoms with Crippen LogP contribution in [0.3, 0.4) is 0 Å². The Morgan fingerprint density at radius 3 is 3.00 bits per heavy atom. The lowest BCUT2D eigenvalue weighted by molar-refractivity contribution is 0.0361.